The highest BCUT2D eigenvalue weighted by Gasteiger charge is 2.23. The molecule has 0 aromatic heterocycles. The first-order chi connectivity index (χ1) is 13.1. The van der Waals surface area contributed by atoms with E-state index in [2.05, 4.69) is 5.32 Å². The van der Waals surface area contributed by atoms with Gasteiger partial charge in [0.25, 0.3) is 0 Å². The molecule has 0 spiro atoms. The van der Waals surface area contributed by atoms with Crippen LogP contribution in [-0.2, 0) is 4.79 Å². The first kappa shape index (κ1) is 18.8. The molecule has 1 N–H and O–H groups in total. The summed E-state index contributed by atoms with van der Waals surface area (Å²) < 4.78 is 5.59. The van der Waals surface area contributed by atoms with Crippen molar-refractivity contribution in [1.29, 1.82) is 0 Å². The van der Waals surface area contributed by atoms with Crippen LogP contribution in [0.2, 0.25) is 0 Å². The largest absolute Gasteiger partial charge is 0.494 e. The molecule has 2 aromatic carbocycles. The van der Waals surface area contributed by atoms with Crippen LogP contribution in [0.15, 0.2) is 54.6 Å². The van der Waals surface area contributed by atoms with Crippen LogP contribution in [0.1, 0.15) is 19.3 Å². The lowest BCUT2D eigenvalue weighted by Gasteiger charge is -2.33. The van der Waals surface area contributed by atoms with Crippen LogP contribution in [0.4, 0.5) is 16.2 Å². The summed E-state index contributed by atoms with van der Waals surface area (Å²) in [7, 11) is 1.81. The fraction of sp³-hybridized carbons (Fsp3) is 0.333. The number of benzene rings is 2. The molecule has 0 radical (unpaired) electrons. The molecule has 0 atom stereocenters. The second-order valence-corrected chi connectivity index (χ2v) is 6.57. The summed E-state index contributed by atoms with van der Waals surface area (Å²) in [4.78, 5) is 27.8. The van der Waals surface area contributed by atoms with E-state index >= 15 is 0 Å². The SMILES string of the molecule is CN1CCCN(c2ccc(NC(=O)CCCOc3ccccc3)cc2)C1=O. The van der Waals surface area contributed by atoms with Gasteiger partial charge in [-0.2, -0.15) is 0 Å². The zero-order chi connectivity index (χ0) is 19.1. The highest BCUT2D eigenvalue weighted by molar-refractivity contribution is 5.94. The standard InChI is InChI=1S/C21H25N3O3/c1-23-14-6-15-24(21(23)26)18-12-10-17(11-13-18)22-20(25)9-5-16-27-19-7-3-2-4-8-19/h2-4,7-8,10-13H,5-6,9,14-16H2,1H3,(H,22,25). The van der Waals surface area contributed by atoms with Crippen LogP contribution in [-0.4, -0.2) is 43.6 Å². The fourth-order valence-electron chi connectivity index (χ4n) is 2.99. The Morgan fingerprint density at radius 1 is 1.07 bits per heavy atom. The van der Waals surface area contributed by atoms with Crippen LogP contribution in [0.5, 0.6) is 5.75 Å². The molecule has 27 heavy (non-hydrogen) atoms. The van der Waals surface area contributed by atoms with E-state index in [-0.39, 0.29) is 11.9 Å². The molecule has 1 saturated heterocycles. The van der Waals surface area contributed by atoms with Gasteiger partial charge in [0, 0.05) is 37.9 Å². The number of nitrogens with one attached hydrogen (secondary N) is 1. The van der Waals surface area contributed by atoms with E-state index in [1.54, 1.807) is 9.80 Å². The first-order valence-electron chi connectivity index (χ1n) is 9.24. The molecule has 142 valence electrons. The van der Waals surface area contributed by atoms with E-state index in [0.717, 1.165) is 36.6 Å². The number of amides is 3. The molecule has 6 heteroatoms. The summed E-state index contributed by atoms with van der Waals surface area (Å²) >= 11 is 0. The molecule has 6 nitrogen and oxygen atoms in total. The zero-order valence-electron chi connectivity index (χ0n) is 15.6. The minimum absolute atomic E-state index is 0.0106. The first-order valence-corrected chi connectivity index (χ1v) is 9.24. The minimum Gasteiger partial charge on any atom is -0.494 e. The zero-order valence-corrected chi connectivity index (χ0v) is 15.6. The average Bonchev–Trinajstić information content (AvgIpc) is 2.69. The molecule has 3 rings (SSSR count). The molecule has 0 unspecified atom stereocenters. The lowest BCUT2D eigenvalue weighted by molar-refractivity contribution is -0.116. The molecule has 2 aromatic rings. The van der Waals surface area contributed by atoms with Crippen LogP contribution < -0.4 is 15.0 Å². The molecule has 0 bridgehead atoms. The Bertz CT molecular complexity index is 762. The Hall–Kier alpha value is -3.02. The number of rotatable bonds is 7. The van der Waals surface area contributed by atoms with Gasteiger partial charge in [0.05, 0.1) is 6.61 Å². The molecule has 0 saturated carbocycles. The molecule has 1 heterocycles. The number of hydrogen-bond donors (Lipinski definition) is 1. The fourth-order valence-corrected chi connectivity index (χ4v) is 2.99. The molecular weight excluding hydrogens is 342 g/mol. The Balaban J connectivity index is 1.43. The number of carbonyl (C=O) groups excluding carboxylic acids is 2. The van der Waals surface area contributed by atoms with Crippen molar-refractivity contribution < 1.29 is 14.3 Å². The Morgan fingerprint density at radius 3 is 2.56 bits per heavy atom. The summed E-state index contributed by atoms with van der Waals surface area (Å²) in [5, 5.41) is 2.88. The topological polar surface area (TPSA) is 61.9 Å². The van der Waals surface area contributed by atoms with Gasteiger partial charge in [-0.05, 0) is 49.2 Å². The summed E-state index contributed by atoms with van der Waals surface area (Å²) in [5.74, 6) is 0.764. The van der Waals surface area contributed by atoms with Crippen LogP contribution >= 0.6 is 0 Å². The van der Waals surface area contributed by atoms with E-state index in [4.69, 9.17) is 4.74 Å². The van der Waals surface area contributed by atoms with Crippen molar-refractivity contribution in [1.82, 2.24) is 4.90 Å². The highest BCUT2D eigenvalue weighted by atomic mass is 16.5. The van der Waals surface area contributed by atoms with E-state index in [1.165, 1.54) is 0 Å². The third kappa shape index (κ3) is 5.23. The number of urea groups is 1. The van der Waals surface area contributed by atoms with Gasteiger partial charge in [-0.1, -0.05) is 18.2 Å². The van der Waals surface area contributed by atoms with E-state index < -0.39 is 0 Å². The summed E-state index contributed by atoms with van der Waals surface area (Å²) in [5.41, 5.74) is 1.58. The number of ether oxygens (including phenoxy) is 1. The van der Waals surface area contributed by atoms with Crippen molar-refractivity contribution in [3.8, 4) is 5.75 Å². The van der Waals surface area contributed by atoms with Crippen molar-refractivity contribution in [3.05, 3.63) is 54.6 Å². The quantitative estimate of drug-likeness (QED) is 0.758. The predicted molar refractivity (Wildman–Crippen MR) is 106 cm³/mol. The van der Waals surface area contributed by atoms with E-state index in [0.29, 0.717) is 19.4 Å². The lowest BCUT2D eigenvalue weighted by Crippen LogP contribution is -2.47. The maximum Gasteiger partial charge on any atom is 0.324 e. The summed E-state index contributed by atoms with van der Waals surface area (Å²) in [6, 6.07) is 17.0. The molecule has 1 aliphatic rings. The van der Waals surface area contributed by atoms with Crippen LogP contribution in [0.25, 0.3) is 0 Å². The average molecular weight is 367 g/mol. The number of hydrogen-bond acceptors (Lipinski definition) is 3. The molecule has 1 fully saturated rings. The van der Waals surface area contributed by atoms with Gasteiger partial charge in [-0.25, -0.2) is 4.79 Å². The van der Waals surface area contributed by atoms with Crippen LogP contribution in [0.3, 0.4) is 0 Å². The van der Waals surface area contributed by atoms with Gasteiger partial charge in [0.1, 0.15) is 5.75 Å². The van der Waals surface area contributed by atoms with E-state index in [1.807, 2.05) is 61.6 Å². The van der Waals surface area contributed by atoms with Crippen molar-refractivity contribution >= 4 is 23.3 Å². The van der Waals surface area contributed by atoms with Crippen molar-refractivity contribution in [2.75, 3.05) is 37.0 Å². The maximum absolute atomic E-state index is 12.2. The van der Waals surface area contributed by atoms with Crippen molar-refractivity contribution in [2.45, 2.75) is 19.3 Å². The number of carbonyl (C=O) groups is 2. The Labute approximate surface area is 159 Å². The molecule has 3 amide bonds. The maximum atomic E-state index is 12.2. The van der Waals surface area contributed by atoms with Gasteiger partial charge >= 0.3 is 6.03 Å². The van der Waals surface area contributed by atoms with Crippen LogP contribution in [0, 0.1) is 0 Å². The summed E-state index contributed by atoms with van der Waals surface area (Å²) in [6.07, 6.45) is 1.99. The number of para-hydroxylation sites is 1. The predicted octanol–water partition coefficient (Wildman–Crippen LogP) is 3.75. The van der Waals surface area contributed by atoms with Gasteiger partial charge < -0.3 is 15.0 Å². The number of nitrogens with zero attached hydrogens (tertiary/aromatic N) is 2. The van der Waals surface area contributed by atoms with Gasteiger partial charge in [-0.15, -0.1) is 0 Å². The van der Waals surface area contributed by atoms with Crippen molar-refractivity contribution in [2.24, 2.45) is 0 Å². The van der Waals surface area contributed by atoms with Gasteiger partial charge in [-0.3, -0.25) is 9.69 Å². The Morgan fingerprint density at radius 2 is 1.81 bits per heavy atom. The van der Waals surface area contributed by atoms with Crippen molar-refractivity contribution in [3.63, 3.8) is 0 Å². The van der Waals surface area contributed by atoms with E-state index in [9.17, 15) is 9.59 Å². The third-order valence-electron chi connectivity index (χ3n) is 4.46. The smallest absolute Gasteiger partial charge is 0.324 e. The minimum atomic E-state index is -0.0480. The molecule has 0 aliphatic carbocycles. The monoisotopic (exact) mass is 367 g/mol. The second kappa shape index (κ2) is 9.07. The molecule has 1 aliphatic heterocycles. The highest BCUT2D eigenvalue weighted by Crippen LogP contribution is 2.22. The molecular formula is C21H25N3O3. The third-order valence-corrected chi connectivity index (χ3v) is 4.46. The van der Waals surface area contributed by atoms with Gasteiger partial charge in [0.2, 0.25) is 5.91 Å². The normalized spacial score (nSPS) is 14.2. The van der Waals surface area contributed by atoms with Gasteiger partial charge in [0.15, 0.2) is 0 Å². The Kier molecular flexibility index (Phi) is 6.30. The lowest BCUT2D eigenvalue weighted by atomic mass is 10.2. The summed E-state index contributed by atoms with van der Waals surface area (Å²) in [6.45, 7) is 2.01. The second-order valence-electron chi connectivity index (χ2n) is 6.57. The number of anilines is 2.